The number of nitrogens with zero attached hydrogens (tertiary/aromatic N) is 1. The Hall–Kier alpha value is -1.51. The molecule has 1 rings (SSSR count). The molecule has 0 heterocycles. The second-order valence-electron chi connectivity index (χ2n) is 5.86. The Balaban J connectivity index is 0.00000484. The first-order chi connectivity index (χ1) is 10.4. The number of guanidine groups is 1. The van der Waals surface area contributed by atoms with E-state index >= 15 is 0 Å². The van der Waals surface area contributed by atoms with Gasteiger partial charge in [-0.2, -0.15) is 0 Å². The first-order valence-corrected chi connectivity index (χ1v) is 7.41. The number of nitrogens with one attached hydrogen (secondary N) is 2. The molecule has 0 spiro atoms. The number of carbonyl (C=O) groups is 1. The molecule has 0 saturated carbocycles. The van der Waals surface area contributed by atoms with Gasteiger partial charge in [-0.3, -0.25) is 4.99 Å². The molecule has 1 aromatic rings. The van der Waals surface area contributed by atoms with Gasteiger partial charge in [0.2, 0.25) is 0 Å². The topological polar surface area (TPSA) is 88.7 Å². The SMILES string of the molecule is CC(C)(C)OC(=O)NCCNC(N)=NCCc1ccccc1.I. The van der Waals surface area contributed by atoms with Gasteiger partial charge < -0.3 is 21.1 Å². The lowest BCUT2D eigenvalue weighted by Crippen LogP contribution is -2.40. The van der Waals surface area contributed by atoms with Crippen molar-refractivity contribution in [3.8, 4) is 0 Å². The molecule has 130 valence electrons. The largest absolute Gasteiger partial charge is 0.444 e. The van der Waals surface area contributed by atoms with Crippen LogP contribution in [0.2, 0.25) is 0 Å². The van der Waals surface area contributed by atoms with Gasteiger partial charge in [-0.05, 0) is 32.8 Å². The molecule has 0 aromatic heterocycles. The van der Waals surface area contributed by atoms with E-state index in [2.05, 4.69) is 27.8 Å². The first kappa shape index (κ1) is 21.5. The van der Waals surface area contributed by atoms with E-state index in [0.29, 0.717) is 25.6 Å². The second-order valence-corrected chi connectivity index (χ2v) is 5.86. The molecule has 6 nitrogen and oxygen atoms in total. The van der Waals surface area contributed by atoms with Gasteiger partial charge in [0.15, 0.2) is 5.96 Å². The smallest absolute Gasteiger partial charge is 0.407 e. The van der Waals surface area contributed by atoms with Gasteiger partial charge in [-0.15, -0.1) is 24.0 Å². The van der Waals surface area contributed by atoms with Gasteiger partial charge in [0, 0.05) is 19.6 Å². The number of carbonyl (C=O) groups excluding carboxylic acids is 1. The highest BCUT2D eigenvalue weighted by Gasteiger charge is 2.15. The third-order valence-electron chi connectivity index (χ3n) is 2.62. The van der Waals surface area contributed by atoms with Crippen LogP contribution in [0.15, 0.2) is 35.3 Å². The van der Waals surface area contributed by atoms with Crippen LogP contribution in [0.4, 0.5) is 4.79 Å². The molecular weight excluding hydrogens is 407 g/mol. The highest BCUT2D eigenvalue weighted by Crippen LogP contribution is 2.05. The number of rotatable bonds is 6. The minimum Gasteiger partial charge on any atom is -0.444 e. The Morgan fingerprint density at radius 1 is 1.17 bits per heavy atom. The zero-order valence-electron chi connectivity index (χ0n) is 14.0. The van der Waals surface area contributed by atoms with E-state index in [4.69, 9.17) is 10.5 Å². The van der Waals surface area contributed by atoms with Crippen molar-refractivity contribution in [3.05, 3.63) is 35.9 Å². The lowest BCUT2D eigenvalue weighted by molar-refractivity contribution is 0.0529. The number of hydrogen-bond donors (Lipinski definition) is 3. The predicted octanol–water partition coefficient (Wildman–Crippen LogP) is 2.28. The zero-order chi connectivity index (χ0) is 16.4. The molecule has 0 saturated heterocycles. The monoisotopic (exact) mass is 434 g/mol. The van der Waals surface area contributed by atoms with Crippen molar-refractivity contribution >= 4 is 36.0 Å². The van der Waals surface area contributed by atoms with Crippen LogP contribution in [0.3, 0.4) is 0 Å². The first-order valence-electron chi connectivity index (χ1n) is 7.41. The number of ether oxygens (including phenoxy) is 1. The summed E-state index contributed by atoms with van der Waals surface area (Å²) in [6.45, 7) is 7.01. The number of nitrogens with two attached hydrogens (primary N) is 1. The number of alkyl carbamates (subject to hydrolysis) is 1. The fourth-order valence-corrected chi connectivity index (χ4v) is 1.68. The summed E-state index contributed by atoms with van der Waals surface area (Å²) < 4.78 is 5.12. The molecule has 0 aliphatic carbocycles. The van der Waals surface area contributed by atoms with Crippen LogP contribution in [0.25, 0.3) is 0 Å². The van der Waals surface area contributed by atoms with Gasteiger partial charge in [-0.1, -0.05) is 30.3 Å². The lowest BCUT2D eigenvalue weighted by Gasteiger charge is -2.19. The molecule has 0 unspecified atom stereocenters. The highest BCUT2D eigenvalue weighted by atomic mass is 127. The standard InChI is InChI=1S/C16H26N4O2.HI/c1-16(2,3)22-15(21)20-12-11-19-14(17)18-10-9-13-7-5-4-6-8-13;/h4-8H,9-12H2,1-3H3,(H,20,21)(H3,17,18,19);1H. The maximum atomic E-state index is 11.4. The molecule has 23 heavy (non-hydrogen) atoms. The van der Waals surface area contributed by atoms with E-state index in [0.717, 1.165) is 6.42 Å². The summed E-state index contributed by atoms with van der Waals surface area (Å²) in [4.78, 5) is 15.6. The Kier molecular flexibility index (Phi) is 10.4. The Morgan fingerprint density at radius 2 is 1.78 bits per heavy atom. The van der Waals surface area contributed by atoms with E-state index in [1.54, 1.807) is 0 Å². The zero-order valence-corrected chi connectivity index (χ0v) is 16.3. The van der Waals surface area contributed by atoms with Gasteiger partial charge in [0.25, 0.3) is 0 Å². The molecule has 0 fully saturated rings. The van der Waals surface area contributed by atoms with E-state index in [9.17, 15) is 4.79 Å². The van der Waals surface area contributed by atoms with Crippen molar-refractivity contribution in [1.29, 1.82) is 0 Å². The predicted molar refractivity (Wildman–Crippen MR) is 104 cm³/mol. The van der Waals surface area contributed by atoms with Crippen LogP contribution < -0.4 is 16.4 Å². The summed E-state index contributed by atoms with van der Waals surface area (Å²) in [5, 5.41) is 5.59. The summed E-state index contributed by atoms with van der Waals surface area (Å²) in [7, 11) is 0. The van der Waals surface area contributed by atoms with Crippen LogP contribution in [-0.4, -0.2) is 37.3 Å². The number of aliphatic imine (C=N–C) groups is 1. The van der Waals surface area contributed by atoms with Crippen LogP contribution in [-0.2, 0) is 11.2 Å². The third kappa shape index (κ3) is 11.7. The van der Waals surface area contributed by atoms with Gasteiger partial charge in [0.1, 0.15) is 5.60 Å². The number of benzene rings is 1. The summed E-state index contributed by atoms with van der Waals surface area (Å²) in [6, 6.07) is 10.1. The minimum atomic E-state index is -0.491. The molecule has 1 amide bonds. The number of hydrogen-bond acceptors (Lipinski definition) is 3. The summed E-state index contributed by atoms with van der Waals surface area (Å²) >= 11 is 0. The minimum absolute atomic E-state index is 0. The molecule has 1 aromatic carbocycles. The van der Waals surface area contributed by atoms with Crippen LogP contribution >= 0.6 is 24.0 Å². The van der Waals surface area contributed by atoms with Crippen LogP contribution in [0.1, 0.15) is 26.3 Å². The third-order valence-corrected chi connectivity index (χ3v) is 2.62. The van der Waals surface area contributed by atoms with E-state index in [-0.39, 0.29) is 24.0 Å². The van der Waals surface area contributed by atoms with Crippen molar-refractivity contribution in [2.75, 3.05) is 19.6 Å². The summed E-state index contributed by atoms with van der Waals surface area (Å²) in [5.41, 5.74) is 6.49. The maximum Gasteiger partial charge on any atom is 0.407 e. The van der Waals surface area contributed by atoms with Gasteiger partial charge >= 0.3 is 6.09 Å². The van der Waals surface area contributed by atoms with Crippen molar-refractivity contribution in [3.63, 3.8) is 0 Å². The van der Waals surface area contributed by atoms with E-state index < -0.39 is 11.7 Å². The van der Waals surface area contributed by atoms with Crippen LogP contribution in [0, 0.1) is 0 Å². The lowest BCUT2D eigenvalue weighted by atomic mass is 10.2. The Morgan fingerprint density at radius 3 is 2.39 bits per heavy atom. The molecule has 0 bridgehead atoms. The van der Waals surface area contributed by atoms with E-state index in [1.807, 2.05) is 39.0 Å². The van der Waals surface area contributed by atoms with Crippen molar-refractivity contribution in [2.45, 2.75) is 32.8 Å². The van der Waals surface area contributed by atoms with Crippen LogP contribution in [0.5, 0.6) is 0 Å². The molecule has 0 radical (unpaired) electrons. The van der Waals surface area contributed by atoms with Crippen molar-refractivity contribution in [1.82, 2.24) is 10.6 Å². The highest BCUT2D eigenvalue weighted by molar-refractivity contribution is 14.0. The molecule has 0 aliphatic rings. The number of amides is 1. The molecular formula is C16H27IN4O2. The number of halogens is 1. The normalized spacial score (nSPS) is 11.3. The quantitative estimate of drug-likeness (QED) is 0.278. The van der Waals surface area contributed by atoms with Gasteiger partial charge in [-0.25, -0.2) is 4.79 Å². The molecule has 7 heteroatoms. The second kappa shape index (κ2) is 11.1. The summed E-state index contributed by atoms with van der Waals surface area (Å²) in [6.07, 6.45) is 0.410. The summed E-state index contributed by atoms with van der Waals surface area (Å²) in [5.74, 6) is 0.377. The van der Waals surface area contributed by atoms with Crippen molar-refractivity contribution in [2.24, 2.45) is 10.7 Å². The average molecular weight is 434 g/mol. The van der Waals surface area contributed by atoms with E-state index in [1.165, 1.54) is 5.56 Å². The van der Waals surface area contributed by atoms with Gasteiger partial charge in [0.05, 0.1) is 0 Å². The molecule has 4 N–H and O–H groups in total. The maximum absolute atomic E-state index is 11.4. The molecule has 0 aliphatic heterocycles. The fourth-order valence-electron chi connectivity index (χ4n) is 1.68. The average Bonchev–Trinajstić information content (AvgIpc) is 2.43. The molecule has 0 atom stereocenters. The Labute approximate surface area is 155 Å². The fraction of sp³-hybridized carbons (Fsp3) is 0.500. The Bertz CT molecular complexity index is 487. The van der Waals surface area contributed by atoms with Crippen molar-refractivity contribution < 1.29 is 9.53 Å².